The predicted octanol–water partition coefficient (Wildman–Crippen LogP) is 2.24. The van der Waals surface area contributed by atoms with Crippen LogP contribution in [0.3, 0.4) is 0 Å². The Bertz CT molecular complexity index is 583. The van der Waals surface area contributed by atoms with Crippen molar-refractivity contribution in [2.45, 2.75) is 24.7 Å². The molecule has 1 aromatic carbocycles. The normalized spacial score (nSPS) is 17.7. The summed E-state index contributed by atoms with van der Waals surface area (Å²) in [5.74, 6) is 0.749. The first-order valence-electron chi connectivity index (χ1n) is 6.82. The minimum Gasteiger partial charge on any atom is -0.493 e. The van der Waals surface area contributed by atoms with Crippen molar-refractivity contribution in [3.63, 3.8) is 0 Å². The third-order valence-electron chi connectivity index (χ3n) is 3.56. The molecule has 1 heterocycles. The molecule has 118 valence electrons. The van der Waals surface area contributed by atoms with E-state index in [1.54, 1.807) is 18.2 Å². The number of rotatable bonds is 5. The standard InChI is InChI=1S/C14H20ClNO4S/c1-16-8-6-12(7-9-16)20-14-11(10-21(15,17)18)4-3-5-13(14)19-2/h3-5,12H,6-10H2,1-2H3. The molecule has 1 fully saturated rings. The largest absolute Gasteiger partial charge is 0.493 e. The number of benzene rings is 1. The number of piperidine rings is 1. The van der Waals surface area contributed by atoms with E-state index in [2.05, 4.69) is 11.9 Å². The van der Waals surface area contributed by atoms with Gasteiger partial charge in [0, 0.05) is 29.3 Å². The van der Waals surface area contributed by atoms with E-state index >= 15 is 0 Å². The van der Waals surface area contributed by atoms with Crippen LogP contribution in [0.5, 0.6) is 11.5 Å². The number of hydrogen-bond donors (Lipinski definition) is 0. The van der Waals surface area contributed by atoms with Crippen molar-refractivity contribution >= 4 is 19.7 Å². The molecule has 7 heteroatoms. The molecule has 1 saturated heterocycles. The first-order valence-corrected chi connectivity index (χ1v) is 9.30. The van der Waals surface area contributed by atoms with E-state index in [-0.39, 0.29) is 11.9 Å². The maximum absolute atomic E-state index is 11.4. The van der Waals surface area contributed by atoms with Gasteiger partial charge in [-0.05, 0) is 26.0 Å². The second-order valence-corrected chi connectivity index (χ2v) is 8.03. The van der Waals surface area contributed by atoms with Gasteiger partial charge in [-0.15, -0.1) is 0 Å². The lowest BCUT2D eigenvalue weighted by Gasteiger charge is -2.30. The van der Waals surface area contributed by atoms with Crippen molar-refractivity contribution in [1.29, 1.82) is 0 Å². The molecule has 1 aromatic rings. The highest BCUT2D eigenvalue weighted by Crippen LogP contribution is 2.34. The van der Waals surface area contributed by atoms with Gasteiger partial charge in [0.2, 0.25) is 9.05 Å². The van der Waals surface area contributed by atoms with Gasteiger partial charge >= 0.3 is 0 Å². The molecule has 21 heavy (non-hydrogen) atoms. The fraction of sp³-hybridized carbons (Fsp3) is 0.571. The van der Waals surface area contributed by atoms with Gasteiger partial charge in [0.15, 0.2) is 11.5 Å². The molecule has 0 aromatic heterocycles. The zero-order chi connectivity index (χ0) is 15.5. The van der Waals surface area contributed by atoms with Gasteiger partial charge in [-0.2, -0.15) is 0 Å². The number of nitrogens with zero attached hydrogens (tertiary/aromatic N) is 1. The molecule has 0 unspecified atom stereocenters. The smallest absolute Gasteiger partial charge is 0.236 e. The Labute approximate surface area is 130 Å². The number of halogens is 1. The molecular formula is C14H20ClNO4S. The first-order chi connectivity index (χ1) is 9.89. The molecule has 0 saturated carbocycles. The molecule has 0 radical (unpaired) electrons. The minimum absolute atomic E-state index is 0.0641. The average Bonchev–Trinajstić information content (AvgIpc) is 2.41. The summed E-state index contributed by atoms with van der Waals surface area (Å²) in [5, 5.41) is 0. The molecular weight excluding hydrogens is 314 g/mol. The summed E-state index contributed by atoms with van der Waals surface area (Å²) in [6.45, 7) is 1.92. The summed E-state index contributed by atoms with van der Waals surface area (Å²) in [6.07, 6.45) is 1.87. The highest BCUT2D eigenvalue weighted by atomic mass is 35.7. The van der Waals surface area contributed by atoms with Gasteiger partial charge < -0.3 is 14.4 Å². The third-order valence-corrected chi connectivity index (χ3v) is 4.54. The van der Waals surface area contributed by atoms with Gasteiger partial charge in [0.25, 0.3) is 0 Å². The maximum atomic E-state index is 11.4. The highest BCUT2D eigenvalue weighted by molar-refractivity contribution is 8.13. The summed E-state index contributed by atoms with van der Waals surface area (Å²) in [4.78, 5) is 2.24. The van der Waals surface area contributed by atoms with Gasteiger partial charge in [0.1, 0.15) is 6.10 Å². The molecule has 2 rings (SSSR count). The van der Waals surface area contributed by atoms with Crippen LogP contribution in [-0.4, -0.2) is 46.7 Å². The zero-order valence-electron chi connectivity index (χ0n) is 12.2. The van der Waals surface area contributed by atoms with E-state index in [4.69, 9.17) is 20.2 Å². The van der Waals surface area contributed by atoms with E-state index < -0.39 is 9.05 Å². The van der Waals surface area contributed by atoms with Gasteiger partial charge in [-0.1, -0.05) is 12.1 Å². The monoisotopic (exact) mass is 333 g/mol. The molecule has 5 nitrogen and oxygen atoms in total. The number of methoxy groups -OCH3 is 1. The highest BCUT2D eigenvalue weighted by Gasteiger charge is 2.22. The Kier molecular flexibility index (Phi) is 5.35. The number of ether oxygens (including phenoxy) is 2. The molecule has 0 N–H and O–H groups in total. The van der Waals surface area contributed by atoms with Crippen molar-refractivity contribution in [3.8, 4) is 11.5 Å². The average molecular weight is 334 g/mol. The van der Waals surface area contributed by atoms with Gasteiger partial charge in [-0.3, -0.25) is 0 Å². The summed E-state index contributed by atoms with van der Waals surface area (Å²) in [7, 11) is 5.33. The van der Waals surface area contributed by atoms with E-state index in [0.29, 0.717) is 17.1 Å². The molecule has 0 atom stereocenters. The summed E-state index contributed by atoms with van der Waals surface area (Å²) < 4.78 is 34.0. The third kappa shape index (κ3) is 4.76. The number of para-hydroxylation sites is 1. The summed E-state index contributed by atoms with van der Waals surface area (Å²) >= 11 is 0. The topological polar surface area (TPSA) is 55.8 Å². The second kappa shape index (κ2) is 6.85. The molecule has 0 bridgehead atoms. The SMILES string of the molecule is COc1cccc(CS(=O)(=O)Cl)c1OC1CCN(C)CC1. The van der Waals surface area contributed by atoms with Crippen molar-refractivity contribution < 1.29 is 17.9 Å². The van der Waals surface area contributed by atoms with Crippen LogP contribution < -0.4 is 9.47 Å². The van der Waals surface area contributed by atoms with Gasteiger partial charge in [-0.25, -0.2) is 8.42 Å². The van der Waals surface area contributed by atoms with Crippen molar-refractivity contribution in [3.05, 3.63) is 23.8 Å². The van der Waals surface area contributed by atoms with Crippen LogP contribution in [0.25, 0.3) is 0 Å². The zero-order valence-corrected chi connectivity index (χ0v) is 13.8. The van der Waals surface area contributed by atoms with Crippen molar-refractivity contribution in [2.75, 3.05) is 27.2 Å². The van der Waals surface area contributed by atoms with Crippen LogP contribution in [0.2, 0.25) is 0 Å². The Morgan fingerprint density at radius 2 is 2.00 bits per heavy atom. The lowest BCUT2D eigenvalue weighted by atomic mass is 10.1. The van der Waals surface area contributed by atoms with E-state index in [1.807, 2.05) is 0 Å². The molecule has 1 aliphatic rings. The Hall–Kier alpha value is -0.980. The van der Waals surface area contributed by atoms with Crippen LogP contribution in [0, 0.1) is 0 Å². The fourth-order valence-corrected chi connectivity index (χ4v) is 3.38. The quantitative estimate of drug-likeness (QED) is 0.773. The van der Waals surface area contributed by atoms with Gasteiger partial charge in [0.05, 0.1) is 12.9 Å². The van der Waals surface area contributed by atoms with Crippen LogP contribution >= 0.6 is 10.7 Å². The number of hydrogen-bond acceptors (Lipinski definition) is 5. The van der Waals surface area contributed by atoms with Crippen LogP contribution in [0.4, 0.5) is 0 Å². The first kappa shape index (κ1) is 16.4. The Morgan fingerprint density at radius 1 is 1.33 bits per heavy atom. The van der Waals surface area contributed by atoms with Crippen molar-refractivity contribution in [2.24, 2.45) is 0 Å². The Morgan fingerprint density at radius 3 is 2.57 bits per heavy atom. The molecule has 0 spiro atoms. The summed E-state index contributed by atoms with van der Waals surface area (Å²) in [6, 6.07) is 5.19. The molecule has 0 aliphatic carbocycles. The van der Waals surface area contributed by atoms with Crippen LogP contribution in [0.15, 0.2) is 18.2 Å². The number of likely N-dealkylation sites (tertiary alicyclic amines) is 1. The maximum Gasteiger partial charge on any atom is 0.236 e. The summed E-state index contributed by atoms with van der Waals surface area (Å²) in [5.41, 5.74) is 0.531. The fourth-order valence-electron chi connectivity index (χ4n) is 2.42. The molecule has 1 aliphatic heterocycles. The minimum atomic E-state index is -3.65. The van der Waals surface area contributed by atoms with E-state index in [9.17, 15) is 8.42 Å². The van der Waals surface area contributed by atoms with Crippen molar-refractivity contribution in [1.82, 2.24) is 4.90 Å². The molecule has 0 amide bonds. The second-order valence-electron chi connectivity index (χ2n) is 5.25. The Balaban J connectivity index is 2.23. The van der Waals surface area contributed by atoms with E-state index in [0.717, 1.165) is 25.9 Å². The van der Waals surface area contributed by atoms with Crippen LogP contribution in [0.1, 0.15) is 18.4 Å². The van der Waals surface area contributed by atoms with Crippen LogP contribution in [-0.2, 0) is 14.8 Å². The van der Waals surface area contributed by atoms with E-state index in [1.165, 1.54) is 7.11 Å². The lowest BCUT2D eigenvalue weighted by Crippen LogP contribution is -2.35. The predicted molar refractivity (Wildman–Crippen MR) is 82.6 cm³/mol. The lowest BCUT2D eigenvalue weighted by molar-refractivity contribution is 0.110.